The number of rotatable bonds is 4. The van der Waals surface area contributed by atoms with Crippen molar-refractivity contribution in [2.24, 2.45) is 0 Å². The fourth-order valence-electron chi connectivity index (χ4n) is 0.990. The zero-order chi connectivity index (χ0) is 10.4. The van der Waals surface area contributed by atoms with Crippen LogP contribution in [-0.4, -0.2) is 16.8 Å². The van der Waals surface area contributed by atoms with Crippen LogP contribution in [0.25, 0.3) is 0 Å². The van der Waals surface area contributed by atoms with Crippen molar-refractivity contribution in [1.82, 2.24) is 0 Å². The molecule has 1 aromatic carbocycles. The van der Waals surface area contributed by atoms with E-state index in [4.69, 9.17) is 22.1 Å². The Hall–Kier alpha value is -1.09. The smallest absolute Gasteiger partial charge is 0.191 e. The van der Waals surface area contributed by atoms with Crippen molar-refractivity contribution in [3.05, 3.63) is 29.8 Å². The fraction of sp³-hybridized carbons (Fsp3) is 0.364. The second-order valence-corrected chi connectivity index (χ2v) is 3.41. The molecule has 0 aliphatic carbocycles. The molecule has 1 N–H and O–H groups in total. The lowest BCUT2D eigenvalue weighted by Gasteiger charge is -2.06. The summed E-state index contributed by atoms with van der Waals surface area (Å²) in [6.07, 6.45) is 2.11. The van der Waals surface area contributed by atoms with Crippen LogP contribution in [0.15, 0.2) is 24.3 Å². The number of phenols is 1. The summed E-state index contributed by atoms with van der Waals surface area (Å²) < 4.78 is 5.36. The Bertz CT molecular complexity index is 293. The van der Waals surface area contributed by atoms with E-state index in [0.717, 1.165) is 18.4 Å². The van der Waals surface area contributed by atoms with E-state index in [-0.39, 0.29) is 5.75 Å². The summed E-state index contributed by atoms with van der Waals surface area (Å²) in [5, 5.41) is 9.57. The summed E-state index contributed by atoms with van der Waals surface area (Å²) in [5.41, 5.74) is 0.842. The number of unbranched alkanes of at least 4 members (excludes halogenated alkanes) is 1. The summed E-state index contributed by atoms with van der Waals surface area (Å²) in [7, 11) is 0. The molecule has 0 aliphatic heterocycles. The molecule has 0 bridgehead atoms. The maximum Gasteiger partial charge on any atom is 0.191 e. The van der Waals surface area contributed by atoms with E-state index < -0.39 is 0 Å². The van der Waals surface area contributed by atoms with Gasteiger partial charge in [0.05, 0.1) is 6.61 Å². The molecule has 0 atom stereocenters. The Morgan fingerprint density at radius 3 is 2.57 bits per heavy atom. The minimum Gasteiger partial charge on any atom is -0.508 e. The molecule has 0 saturated carbocycles. The van der Waals surface area contributed by atoms with Crippen LogP contribution in [0.4, 0.5) is 0 Å². The lowest BCUT2D eigenvalue weighted by atomic mass is 10.2. The third-order valence-electron chi connectivity index (χ3n) is 1.83. The van der Waals surface area contributed by atoms with Gasteiger partial charge in [0, 0.05) is 5.56 Å². The average molecular weight is 210 g/mol. The molecular formula is C11H14O2S. The quantitative estimate of drug-likeness (QED) is 0.612. The Labute approximate surface area is 89.5 Å². The summed E-state index contributed by atoms with van der Waals surface area (Å²) in [5.74, 6) is 0.241. The number of thiocarbonyl (C=S) groups is 1. The van der Waals surface area contributed by atoms with Crippen molar-refractivity contribution in [2.45, 2.75) is 19.8 Å². The van der Waals surface area contributed by atoms with Gasteiger partial charge in [-0.2, -0.15) is 0 Å². The van der Waals surface area contributed by atoms with Crippen molar-refractivity contribution in [3.8, 4) is 5.75 Å². The first-order chi connectivity index (χ1) is 6.74. The Balaban J connectivity index is 2.48. The normalized spacial score (nSPS) is 9.79. The molecule has 76 valence electrons. The summed E-state index contributed by atoms with van der Waals surface area (Å²) in [6, 6.07) is 6.71. The molecule has 1 rings (SSSR count). The van der Waals surface area contributed by atoms with Crippen molar-refractivity contribution >= 4 is 17.3 Å². The van der Waals surface area contributed by atoms with Crippen molar-refractivity contribution in [3.63, 3.8) is 0 Å². The number of benzene rings is 1. The van der Waals surface area contributed by atoms with E-state index >= 15 is 0 Å². The number of hydrogen-bond donors (Lipinski definition) is 1. The van der Waals surface area contributed by atoms with Crippen LogP contribution in [-0.2, 0) is 4.74 Å². The summed E-state index contributed by atoms with van der Waals surface area (Å²) in [6.45, 7) is 2.77. The minimum absolute atomic E-state index is 0.241. The molecular weight excluding hydrogens is 196 g/mol. The highest BCUT2D eigenvalue weighted by Gasteiger charge is 2.01. The first-order valence-corrected chi connectivity index (χ1v) is 5.11. The van der Waals surface area contributed by atoms with Gasteiger partial charge in [-0.25, -0.2) is 0 Å². The van der Waals surface area contributed by atoms with Crippen LogP contribution < -0.4 is 0 Å². The second kappa shape index (κ2) is 5.60. The van der Waals surface area contributed by atoms with E-state index in [1.54, 1.807) is 24.3 Å². The molecule has 0 radical (unpaired) electrons. The molecule has 0 spiro atoms. The van der Waals surface area contributed by atoms with Gasteiger partial charge < -0.3 is 9.84 Å². The van der Waals surface area contributed by atoms with Crippen LogP contribution in [0, 0.1) is 0 Å². The standard InChI is InChI=1S/C11H14O2S/c1-2-3-8-13-11(14)9-4-6-10(12)7-5-9/h4-7,12H,2-3,8H2,1H3. The van der Waals surface area contributed by atoms with E-state index in [9.17, 15) is 0 Å². The van der Waals surface area contributed by atoms with E-state index in [2.05, 4.69) is 6.92 Å². The Morgan fingerprint density at radius 1 is 1.36 bits per heavy atom. The molecule has 0 aliphatic rings. The molecule has 0 aromatic heterocycles. The monoisotopic (exact) mass is 210 g/mol. The molecule has 3 heteroatoms. The SMILES string of the molecule is CCCCOC(=S)c1ccc(O)cc1. The van der Waals surface area contributed by atoms with Gasteiger partial charge in [0.2, 0.25) is 0 Å². The molecule has 1 aromatic rings. The highest BCUT2D eigenvalue weighted by Crippen LogP contribution is 2.11. The van der Waals surface area contributed by atoms with Gasteiger partial charge in [-0.15, -0.1) is 0 Å². The number of ether oxygens (including phenoxy) is 1. The summed E-state index contributed by atoms with van der Waals surface area (Å²) >= 11 is 5.07. The Morgan fingerprint density at radius 2 is 2.00 bits per heavy atom. The number of hydrogen-bond acceptors (Lipinski definition) is 3. The minimum atomic E-state index is 0.241. The largest absolute Gasteiger partial charge is 0.508 e. The highest BCUT2D eigenvalue weighted by molar-refractivity contribution is 7.80. The van der Waals surface area contributed by atoms with Crippen LogP contribution in [0.5, 0.6) is 5.75 Å². The molecule has 0 fully saturated rings. The van der Waals surface area contributed by atoms with Gasteiger partial charge in [0.1, 0.15) is 5.75 Å². The lowest BCUT2D eigenvalue weighted by molar-refractivity contribution is 0.305. The van der Waals surface area contributed by atoms with Crippen LogP contribution in [0.3, 0.4) is 0 Å². The second-order valence-electron chi connectivity index (χ2n) is 3.04. The first-order valence-electron chi connectivity index (χ1n) is 4.70. The topological polar surface area (TPSA) is 29.5 Å². The molecule has 0 amide bonds. The molecule has 0 unspecified atom stereocenters. The zero-order valence-corrected chi connectivity index (χ0v) is 9.01. The van der Waals surface area contributed by atoms with E-state index in [1.165, 1.54) is 0 Å². The van der Waals surface area contributed by atoms with Gasteiger partial charge in [-0.1, -0.05) is 13.3 Å². The summed E-state index contributed by atoms with van der Waals surface area (Å²) in [4.78, 5) is 0. The maximum atomic E-state index is 9.07. The molecule has 2 nitrogen and oxygen atoms in total. The van der Waals surface area contributed by atoms with Crippen LogP contribution in [0.1, 0.15) is 25.3 Å². The maximum absolute atomic E-state index is 9.07. The van der Waals surface area contributed by atoms with Crippen molar-refractivity contribution in [2.75, 3.05) is 6.61 Å². The van der Waals surface area contributed by atoms with E-state index in [0.29, 0.717) is 11.7 Å². The molecule has 0 heterocycles. The zero-order valence-electron chi connectivity index (χ0n) is 8.19. The van der Waals surface area contributed by atoms with Crippen molar-refractivity contribution < 1.29 is 9.84 Å². The van der Waals surface area contributed by atoms with Crippen LogP contribution >= 0.6 is 12.2 Å². The van der Waals surface area contributed by atoms with Crippen LogP contribution in [0.2, 0.25) is 0 Å². The van der Waals surface area contributed by atoms with Gasteiger partial charge in [0.15, 0.2) is 5.05 Å². The molecule has 0 saturated heterocycles. The predicted molar refractivity (Wildman–Crippen MR) is 60.7 cm³/mol. The van der Waals surface area contributed by atoms with Gasteiger partial charge >= 0.3 is 0 Å². The van der Waals surface area contributed by atoms with Gasteiger partial charge in [-0.3, -0.25) is 0 Å². The number of phenolic OH excluding ortho intramolecular Hbond substituents is 1. The first kappa shape index (κ1) is 11.0. The third kappa shape index (κ3) is 3.34. The van der Waals surface area contributed by atoms with Crippen molar-refractivity contribution in [1.29, 1.82) is 0 Å². The van der Waals surface area contributed by atoms with Gasteiger partial charge in [0.25, 0.3) is 0 Å². The van der Waals surface area contributed by atoms with E-state index in [1.807, 2.05) is 0 Å². The number of aromatic hydroxyl groups is 1. The Kier molecular flexibility index (Phi) is 4.40. The third-order valence-corrected chi connectivity index (χ3v) is 2.19. The fourth-order valence-corrected chi connectivity index (χ4v) is 1.21. The average Bonchev–Trinajstić information content (AvgIpc) is 2.19. The predicted octanol–water partition coefficient (Wildman–Crippen LogP) is 2.88. The highest BCUT2D eigenvalue weighted by atomic mass is 32.1. The lowest BCUT2D eigenvalue weighted by Crippen LogP contribution is -2.04. The molecule has 14 heavy (non-hydrogen) atoms. The van der Waals surface area contributed by atoms with Gasteiger partial charge in [-0.05, 0) is 42.9 Å².